The second-order valence-corrected chi connectivity index (χ2v) is 2.94. The average molecular weight is 174 g/mol. The Morgan fingerprint density at radius 3 is 1.67 bits per heavy atom. The van der Waals surface area contributed by atoms with Gasteiger partial charge >= 0.3 is 0 Å². The molecule has 0 aliphatic heterocycles. The van der Waals surface area contributed by atoms with Crippen LogP contribution in [-0.4, -0.2) is 19.6 Å². The number of unbranched alkanes of at least 4 members (excludes halogenated alkanes) is 1. The van der Waals surface area contributed by atoms with Gasteiger partial charge in [-0.15, -0.1) is 0 Å². The summed E-state index contributed by atoms with van der Waals surface area (Å²) >= 11 is 0. The lowest BCUT2D eigenvalue weighted by atomic mass is 10.2. The molecule has 3 N–H and O–H groups in total. The lowest BCUT2D eigenvalue weighted by molar-refractivity contribution is 0.531. The van der Waals surface area contributed by atoms with Crippen molar-refractivity contribution in [1.29, 1.82) is 0 Å². The molecular formula is C10H26N2. The Kier molecular flexibility index (Phi) is 16.3. The summed E-state index contributed by atoms with van der Waals surface area (Å²) in [5.74, 6) is 0. The fourth-order valence-electron chi connectivity index (χ4n) is 0.901. The molecule has 0 rings (SSSR count). The van der Waals surface area contributed by atoms with Crippen molar-refractivity contribution in [3.63, 3.8) is 0 Å². The summed E-state index contributed by atoms with van der Waals surface area (Å²) in [6, 6.07) is 0.736. The molecule has 0 amide bonds. The molecule has 2 heteroatoms. The maximum absolute atomic E-state index is 5.14. The highest BCUT2D eigenvalue weighted by atomic mass is 14.9. The minimum Gasteiger partial charge on any atom is -0.330 e. The van der Waals surface area contributed by atoms with Crippen molar-refractivity contribution in [2.75, 3.05) is 13.6 Å². The summed E-state index contributed by atoms with van der Waals surface area (Å²) in [7, 11) is 2.01. The van der Waals surface area contributed by atoms with E-state index in [2.05, 4.69) is 26.1 Å². The predicted molar refractivity (Wildman–Crippen MR) is 57.4 cm³/mol. The Hall–Kier alpha value is -0.0800. The van der Waals surface area contributed by atoms with Crippen LogP contribution in [0.25, 0.3) is 0 Å². The van der Waals surface area contributed by atoms with E-state index in [0.717, 1.165) is 12.6 Å². The van der Waals surface area contributed by atoms with E-state index in [4.69, 9.17) is 5.73 Å². The second kappa shape index (κ2) is 13.5. The summed E-state index contributed by atoms with van der Waals surface area (Å²) in [5, 5.41) is 3.20. The molecule has 12 heavy (non-hydrogen) atoms. The molecular weight excluding hydrogens is 148 g/mol. The zero-order valence-electron chi connectivity index (χ0n) is 9.19. The van der Waals surface area contributed by atoms with E-state index >= 15 is 0 Å². The molecule has 0 aliphatic carbocycles. The van der Waals surface area contributed by atoms with Gasteiger partial charge in [-0.2, -0.15) is 0 Å². The fourth-order valence-corrected chi connectivity index (χ4v) is 0.901. The minimum absolute atomic E-state index is 0.736. The summed E-state index contributed by atoms with van der Waals surface area (Å²) in [5.41, 5.74) is 5.14. The lowest BCUT2D eigenvalue weighted by Crippen LogP contribution is -2.22. The smallest absolute Gasteiger partial charge is 0.00588 e. The van der Waals surface area contributed by atoms with E-state index in [1.54, 1.807) is 0 Å². The predicted octanol–water partition coefficient (Wildman–Crippen LogP) is 2.14. The molecule has 0 saturated heterocycles. The van der Waals surface area contributed by atoms with Gasteiger partial charge in [-0.05, 0) is 32.9 Å². The summed E-state index contributed by atoms with van der Waals surface area (Å²) in [4.78, 5) is 0. The van der Waals surface area contributed by atoms with Crippen LogP contribution in [0.3, 0.4) is 0 Å². The first kappa shape index (κ1) is 14.4. The zero-order chi connectivity index (χ0) is 9.82. The highest BCUT2D eigenvalue weighted by molar-refractivity contribution is 4.56. The normalized spacial score (nSPS) is 9.50. The van der Waals surface area contributed by atoms with Gasteiger partial charge in [0.2, 0.25) is 0 Å². The van der Waals surface area contributed by atoms with Gasteiger partial charge < -0.3 is 11.1 Å². The van der Waals surface area contributed by atoms with Crippen molar-refractivity contribution in [2.24, 2.45) is 5.73 Å². The van der Waals surface area contributed by atoms with Crippen molar-refractivity contribution in [3.8, 4) is 0 Å². The molecule has 0 spiro atoms. The van der Waals surface area contributed by atoms with Crippen LogP contribution in [0.1, 0.15) is 46.5 Å². The van der Waals surface area contributed by atoms with Gasteiger partial charge in [0.1, 0.15) is 0 Å². The quantitative estimate of drug-likeness (QED) is 0.670. The Labute approximate surface area is 77.9 Å². The van der Waals surface area contributed by atoms with Crippen LogP contribution in [0.2, 0.25) is 0 Å². The largest absolute Gasteiger partial charge is 0.330 e. The minimum atomic E-state index is 0.736. The summed E-state index contributed by atoms with van der Waals surface area (Å²) in [6.45, 7) is 7.37. The molecule has 0 atom stereocenters. The topological polar surface area (TPSA) is 38.0 Å². The van der Waals surface area contributed by atoms with Crippen LogP contribution in [0.4, 0.5) is 0 Å². The number of hydrogen-bond acceptors (Lipinski definition) is 2. The highest BCUT2D eigenvalue weighted by Crippen LogP contribution is 1.92. The summed E-state index contributed by atoms with van der Waals surface area (Å²) in [6.07, 6.45) is 4.87. The molecule has 0 aromatic rings. The third-order valence-electron chi connectivity index (χ3n) is 1.95. The Morgan fingerprint density at radius 2 is 1.67 bits per heavy atom. The fraction of sp³-hybridized carbons (Fsp3) is 1.00. The maximum Gasteiger partial charge on any atom is 0.00588 e. The molecule has 0 fully saturated rings. The van der Waals surface area contributed by atoms with E-state index in [1.807, 2.05) is 7.05 Å². The van der Waals surface area contributed by atoms with Gasteiger partial charge in [-0.1, -0.05) is 27.2 Å². The van der Waals surface area contributed by atoms with Crippen LogP contribution >= 0.6 is 0 Å². The number of hydrogen-bond donors (Lipinski definition) is 2. The van der Waals surface area contributed by atoms with Crippen molar-refractivity contribution in [1.82, 2.24) is 5.32 Å². The maximum atomic E-state index is 5.14. The van der Waals surface area contributed by atoms with Crippen LogP contribution in [0.15, 0.2) is 0 Å². The average Bonchev–Trinajstić information content (AvgIpc) is 2.10. The molecule has 0 aliphatic rings. The number of nitrogens with two attached hydrogens (primary N) is 1. The standard InChI is InChI=1S/C6H15N.C4H11N/c1-4-6(5-2)7-3;1-2-3-4-5/h6-7H,4-5H2,1-3H3;2-5H2,1H3. The van der Waals surface area contributed by atoms with Crippen LogP contribution in [0.5, 0.6) is 0 Å². The SMILES string of the molecule is CCC(CC)NC.CCCCN. The van der Waals surface area contributed by atoms with Crippen LogP contribution < -0.4 is 11.1 Å². The van der Waals surface area contributed by atoms with Gasteiger partial charge in [0.15, 0.2) is 0 Å². The molecule has 0 aromatic heterocycles. The first-order valence-corrected chi connectivity index (χ1v) is 5.13. The van der Waals surface area contributed by atoms with Crippen LogP contribution in [0, 0.1) is 0 Å². The first-order chi connectivity index (χ1) is 5.76. The van der Waals surface area contributed by atoms with Crippen molar-refractivity contribution < 1.29 is 0 Å². The van der Waals surface area contributed by atoms with Gasteiger partial charge in [0, 0.05) is 6.04 Å². The van der Waals surface area contributed by atoms with E-state index in [0.29, 0.717) is 0 Å². The molecule has 0 heterocycles. The molecule has 76 valence electrons. The van der Waals surface area contributed by atoms with E-state index in [9.17, 15) is 0 Å². The van der Waals surface area contributed by atoms with Crippen LogP contribution in [-0.2, 0) is 0 Å². The Balaban J connectivity index is 0. The number of nitrogens with one attached hydrogen (secondary N) is 1. The van der Waals surface area contributed by atoms with E-state index < -0.39 is 0 Å². The van der Waals surface area contributed by atoms with Gasteiger partial charge in [-0.25, -0.2) is 0 Å². The Bertz CT molecular complexity index is 53.3. The van der Waals surface area contributed by atoms with Crippen molar-refractivity contribution >= 4 is 0 Å². The third-order valence-corrected chi connectivity index (χ3v) is 1.95. The van der Waals surface area contributed by atoms with E-state index in [-0.39, 0.29) is 0 Å². The monoisotopic (exact) mass is 174 g/mol. The molecule has 2 nitrogen and oxygen atoms in total. The first-order valence-electron chi connectivity index (χ1n) is 5.13. The molecule has 0 aromatic carbocycles. The molecule has 0 unspecified atom stereocenters. The second-order valence-electron chi connectivity index (χ2n) is 2.94. The van der Waals surface area contributed by atoms with Gasteiger partial charge in [-0.3, -0.25) is 0 Å². The lowest BCUT2D eigenvalue weighted by Gasteiger charge is -2.08. The number of rotatable bonds is 5. The summed E-state index contributed by atoms with van der Waals surface area (Å²) < 4.78 is 0. The van der Waals surface area contributed by atoms with Crippen molar-refractivity contribution in [2.45, 2.75) is 52.5 Å². The van der Waals surface area contributed by atoms with Gasteiger partial charge in [0.25, 0.3) is 0 Å². The Morgan fingerprint density at radius 1 is 1.17 bits per heavy atom. The van der Waals surface area contributed by atoms with Gasteiger partial charge in [0.05, 0.1) is 0 Å². The van der Waals surface area contributed by atoms with E-state index in [1.165, 1.54) is 25.7 Å². The molecule has 0 saturated carbocycles. The van der Waals surface area contributed by atoms with Crippen molar-refractivity contribution in [3.05, 3.63) is 0 Å². The molecule has 0 bridgehead atoms. The zero-order valence-corrected chi connectivity index (χ0v) is 9.19. The third kappa shape index (κ3) is 12.6. The molecule has 0 radical (unpaired) electrons. The highest BCUT2D eigenvalue weighted by Gasteiger charge is 1.94.